The van der Waals surface area contributed by atoms with Gasteiger partial charge in [-0.05, 0) is 103 Å². The number of esters is 2. The number of carbonyl (C=O) groups excluding carboxylic acids is 2. The highest BCUT2D eigenvalue weighted by molar-refractivity contribution is 7.47. The molecule has 0 fully saturated rings. The van der Waals surface area contributed by atoms with Crippen LogP contribution in [-0.4, -0.2) is 49.3 Å². The Bertz CT molecular complexity index is 1530. The molecule has 406 valence electrons. The first kappa shape index (κ1) is 67.7. The standard InChI is InChI=1S/C61H104NO8P/c1-3-5-7-9-11-13-15-17-18-19-20-21-22-23-24-25-26-27-28-29-30-31-32-33-34-35-36-37-38-39-40-42-44-46-48-50-52-54-61(64)70-59(58-69-71(65,66)68-56-55-62)57-67-60(63)53-51-49-47-45-43-41-16-14-12-10-8-6-4-2/h5,7,11,13-14,16-18,20-21,23-24,26-27,29-30,32-33,59H,3-4,6,8-10,12,15,19,22,25,28,31,34-58,62H2,1-2H3,(H,65,66)/b7-5-,13-11-,16-14-,18-17-,21-20-,24-23-,27-26-,30-29-,33-32-. The number of unbranched alkanes of at least 4 members (excludes halogenated alkanes) is 21. The lowest BCUT2D eigenvalue weighted by Gasteiger charge is -2.19. The molecule has 0 radical (unpaired) electrons. The minimum Gasteiger partial charge on any atom is -0.462 e. The highest BCUT2D eigenvalue weighted by Crippen LogP contribution is 2.43. The van der Waals surface area contributed by atoms with Gasteiger partial charge in [0.15, 0.2) is 6.10 Å². The molecule has 2 atom stereocenters. The van der Waals surface area contributed by atoms with Crippen LogP contribution in [0, 0.1) is 0 Å². The molecule has 71 heavy (non-hydrogen) atoms. The zero-order valence-corrected chi connectivity index (χ0v) is 46.1. The van der Waals surface area contributed by atoms with Crippen molar-refractivity contribution in [3.05, 3.63) is 109 Å². The quantitative estimate of drug-likeness (QED) is 0.0264. The highest BCUT2D eigenvalue weighted by Gasteiger charge is 2.26. The number of nitrogens with two attached hydrogens (primary N) is 1. The summed E-state index contributed by atoms with van der Waals surface area (Å²) in [5, 5.41) is 0. The number of hydrogen-bond donors (Lipinski definition) is 2. The lowest BCUT2D eigenvalue weighted by molar-refractivity contribution is -0.161. The molecule has 3 N–H and O–H groups in total. The molecule has 0 aliphatic heterocycles. The lowest BCUT2D eigenvalue weighted by atomic mass is 10.0. The first-order chi connectivity index (χ1) is 34.8. The van der Waals surface area contributed by atoms with E-state index in [0.29, 0.717) is 6.42 Å². The Kier molecular flexibility index (Phi) is 53.3. The number of ether oxygens (including phenoxy) is 2. The fraction of sp³-hybridized carbons (Fsp3) is 0.672. The fourth-order valence-electron chi connectivity index (χ4n) is 7.47. The van der Waals surface area contributed by atoms with Crippen LogP contribution in [-0.2, 0) is 32.7 Å². The van der Waals surface area contributed by atoms with Crippen LogP contribution in [0.5, 0.6) is 0 Å². The summed E-state index contributed by atoms with van der Waals surface area (Å²) in [5.74, 6) is -0.844. The molecule has 0 aromatic rings. The van der Waals surface area contributed by atoms with Gasteiger partial charge in [0.25, 0.3) is 0 Å². The molecule has 0 rings (SSSR count). The third-order valence-electron chi connectivity index (χ3n) is 11.6. The van der Waals surface area contributed by atoms with Crippen molar-refractivity contribution in [1.29, 1.82) is 0 Å². The summed E-state index contributed by atoms with van der Waals surface area (Å²) >= 11 is 0. The first-order valence-electron chi connectivity index (χ1n) is 28.4. The van der Waals surface area contributed by atoms with Gasteiger partial charge in [0.1, 0.15) is 6.61 Å². The van der Waals surface area contributed by atoms with E-state index in [1.807, 2.05) is 0 Å². The van der Waals surface area contributed by atoms with Gasteiger partial charge >= 0.3 is 19.8 Å². The molecule has 0 saturated heterocycles. The largest absolute Gasteiger partial charge is 0.472 e. The van der Waals surface area contributed by atoms with E-state index in [-0.39, 0.29) is 32.6 Å². The fourth-order valence-corrected chi connectivity index (χ4v) is 8.23. The van der Waals surface area contributed by atoms with E-state index in [4.69, 9.17) is 24.3 Å². The number of hydrogen-bond acceptors (Lipinski definition) is 8. The molecule has 0 heterocycles. The molecule has 0 saturated carbocycles. The van der Waals surface area contributed by atoms with Gasteiger partial charge in [-0.15, -0.1) is 0 Å². The average molecular weight is 1010 g/mol. The van der Waals surface area contributed by atoms with Crippen LogP contribution in [0.15, 0.2) is 109 Å². The average Bonchev–Trinajstić information content (AvgIpc) is 3.36. The summed E-state index contributed by atoms with van der Waals surface area (Å²) in [6, 6.07) is 0. The van der Waals surface area contributed by atoms with E-state index in [1.54, 1.807) is 0 Å². The van der Waals surface area contributed by atoms with Gasteiger partial charge in [0.05, 0.1) is 13.2 Å². The second-order valence-electron chi connectivity index (χ2n) is 18.4. The van der Waals surface area contributed by atoms with E-state index in [1.165, 1.54) is 89.9 Å². The van der Waals surface area contributed by atoms with Gasteiger partial charge in [-0.1, -0.05) is 226 Å². The molecule has 0 amide bonds. The van der Waals surface area contributed by atoms with E-state index in [2.05, 4.69) is 123 Å². The Morgan fingerprint density at radius 1 is 0.437 bits per heavy atom. The van der Waals surface area contributed by atoms with Crippen molar-refractivity contribution in [3.8, 4) is 0 Å². The predicted molar refractivity (Wildman–Crippen MR) is 302 cm³/mol. The van der Waals surface area contributed by atoms with Crippen molar-refractivity contribution in [1.82, 2.24) is 0 Å². The number of allylic oxidation sites excluding steroid dienone is 18. The van der Waals surface area contributed by atoms with E-state index < -0.39 is 32.5 Å². The third-order valence-corrected chi connectivity index (χ3v) is 12.6. The Morgan fingerprint density at radius 3 is 1.17 bits per heavy atom. The van der Waals surface area contributed by atoms with E-state index >= 15 is 0 Å². The number of phosphoric ester groups is 1. The molecule has 2 unspecified atom stereocenters. The summed E-state index contributed by atoms with van der Waals surface area (Å²) < 4.78 is 32.9. The number of phosphoric acid groups is 1. The van der Waals surface area contributed by atoms with Crippen molar-refractivity contribution in [3.63, 3.8) is 0 Å². The van der Waals surface area contributed by atoms with Crippen molar-refractivity contribution in [2.24, 2.45) is 5.73 Å². The van der Waals surface area contributed by atoms with Crippen LogP contribution in [0.4, 0.5) is 0 Å². The zero-order valence-electron chi connectivity index (χ0n) is 45.2. The summed E-state index contributed by atoms with van der Waals surface area (Å²) in [6.45, 7) is 3.59. The van der Waals surface area contributed by atoms with Crippen LogP contribution < -0.4 is 5.73 Å². The molecule has 0 aliphatic carbocycles. The number of rotatable bonds is 52. The van der Waals surface area contributed by atoms with Gasteiger partial charge in [0.2, 0.25) is 0 Å². The minimum atomic E-state index is -4.39. The van der Waals surface area contributed by atoms with Crippen LogP contribution in [0.25, 0.3) is 0 Å². The maximum atomic E-state index is 12.7. The second-order valence-corrected chi connectivity index (χ2v) is 19.9. The predicted octanol–water partition coefficient (Wildman–Crippen LogP) is 17.8. The van der Waals surface area contributed by atoms with Crippen molar-refractivity contribution in [2.45, 2.75) is 238 Å². The summed E-state index contributed by atoms with van der Waals surface area (Å²) in [6.07, 6.45) is 75.8. The van der Waals surface area contributed by atoms with Crippen molar-refractivity contribution in [2.75, 3.05) is 26.4 Å². The van der Waals surface area contributed by atoms with Crippen LogP contribution in [0.2, 0.25) is 0 Å². The van der Waals surface area contributed by atoms with Gasteiger partial charge < -0.3 is 20.1 Å². The van der Waals surface area contributed by atoms with Crippen LogP contribution in [0.3, 0.4) is 0 Å². The van der Waals surface area contributed by atoms with Crippen LogP contribution >= 0.6 is 7.82 Å². The second kappa shape index (κ2) is 56.0. The molecule has 0 bridgehead atoms. The first-order valence-corrected chi connectivity index (χ1v) is 29.9. The summed E-state index contributed by atoms with van der Waals surface area (Å²) in [5.41, 5.74) is 5.37. The summed E-state index contributed by atoms with van der Waals surface area (Å²) in [4.78, 5) is 35.1. The Morgan fingerprint density at radius 2 is 0.775 bits per heavy atom. The SMILES string of the molecule is CC/C=C\C/C=C\C/C=C\C/C=C\C/C=C\C/C=C\C/C=C\C/C=C\CCCCCCCCCCCCCCC(=O)OC(COC(=O)CCCCCCC/C=C\CCCCCC)COP(=O)(O)OCCN. The Hall–Kier alpha value is -3.33. The molecule has 0 aromatic carbocycles. The topological polar surface area (TPSA) is 134 Å². The highest BCUT2D eigenvalue weighted by atomic mass is 31.2. The maximum absolute atomic E-state index is 12.7. The van der Waals surface area contributed by atoms with Crippen LogP contribution in [0.1, 0.15) is 232 Å². The van der Waals surface area contributed by atoms with Gasteiger partial charge in [0, 0.05) is 19.4 Å². The van der Waals surface area contributed by atoms with Gasteiger partial charge in [-0.2, -0.15) is 0 Å². The molecular weight excluding hydrogens is 906 g/mol. The molecular formula is C61H104NO8P. The van der Waals surface area contributed by atoms with Gasteiger partial charge in [-0.3, -0.25) is 18.6 Å². The minimum absolute atomic E-state index is 0.0481. The Labute approximate surface area is 435 Å². The Balaban J connectivity index is 3.94. The zero-order chi connectivity index (χ0) is 51.7. The molecule has 0 spiro atoms. The van der Waals surface area contributed by atoms with E-state index in [9.17, 15) is 19.0 Å². The normalized spacial score (nSPS) is 13.9. The summed E-state index contributed by atoms with van der Waals surface area (Å²) in [7, 11) is -4.39. The smallest absolute Gasteiger partial charge is 0.462 e. The molecule has 0 aromatic heterocycles. The van der Waals surface area contributed by atoms with Crippen molar-refractivity contribution >= 4 is 19.8 Å². The molecule has 10 heteroatoms. The monoisotopic (exact) mass is 1010 g/mol. The van der Waals surface area contributed by atoms with Gasteiger partial charge in [-0.25, -0.2) is 4.57 Å². The lowest BCUT2D eigenvalue weighted by Crippen LogP contribution is -2.29. The number of carbonyl (C=O) groups is 2. The third kappa shape index (κ3) is 55.8. The van der Waals surface area contributed by atoms with E-state index in [0.717, 1.165) is 109 Å². The maximum Gasteiger partial charge on any atom is 0.472 e. The molecule has 0 aliphatic rings. The molecule has 9 nitrogen and oxygen atoms in total. The van der Waals surface area contributed by atoms with Crippen molar-refractivity contribution < 1.29 is 37.6 Å².